The average molecular weight is 308 g/mol. The number of hydrogen-bond acceptors (Lipinski definition) is 4. The number of carbonyl (C=O) groups is 1. The van der Waals surface area contributed by atoms with Crippen molar-refractivity contribution < 1.29 is 9.53 Å². The van der Waals surface area contributed by atoms with E-state index >= 15 is 0 Å². The summed E-state index contributed by atoms with van der Waals surface area (Å²) < 4.78 is 5.74. The third kappa shape index (κ3) is 4.28. The maximum atomic E-state index is 12.4. The van der Waals surface area contributed by atoms with Crippen molar-refractivity contribution in [2.45, 2.75) is 44.4 Å². The van der Waals surface area contributed by atoms with E-state index in [4.69, 9.17) is 4.74 Å². The zero-order chi connectivity index (χ0) is 14.7. The summed E-state index contributed by atoms with van der Waals surface area (Å²) >= 11 is 1.76. The fourth-order valence-electron chi connectivity index (χ4n) is 2.85. The highest BCUT2D eigenvalue weighted by atomic mass is 32.1. The lowest BCUT2D eigenvalue weighted by Gasteiger charge is -2.26. The van der Waals surface area contributed by atoms with Gasteiger partial charge in [-0.15, -0.1) is 11.3 Å². The Kier molecular flexibility index (Phi) is 4.93. The summed E-state index contributed by atoms with van der Waals surface area (Å²) in [5.41, 5.74) is 0. The van der Waals surface area contributed by atoms with Gasteiger partial charge in [-0.25, -0.2) is 0 Å². The van der Waals surface area contributed by atoms with Crippen LogP contribution in [-0.2, 0) is 16.1 Å². The molecule has 2 fully saturated rings. The molecule has 0 bridgehead atoms. The van der Waals surface area contributed by atoms with E-state index in [0.717, 1.165) is 32.5 Å². The Bertz CT molecular complexity index is 453. The number of rotatable bonds is 7. The second-order valence-corrected chi connectivity index (χ2v) is 7.15. The minimum Gasteiger partial charge on any atom is -0.377 e. The predicted molar refractivity (Wildman–Crippen MR) is 84.4 cm³/mol. The van der Waals surface area contributed by atoms with E-state index in [2.05, 4.69) is 22.4 Å². The third-order valence-corrected chi connectivity index (χ3v) is 5.15. The SMILES string of the molecule is CN(C(=O)CN(Cc1cccs1)C[C@@H]1CCCO1)C1CC1. The Morgan fingerprint density at radius 2 is 2.29 bits per heavy atom. The van der Waals surface area contributed by atoms with Gasteiger partial charge in [0.05, 0.1) is 12.6 Å². The molecule has 21 heavy (non-hydrogen) atoms. The van der Waals surface area contributed by atoms with Crippen molar-refractivity contribution >= 4 is 17.2 Å². The van der Waals surface area contributed by atoms with Crippen LogP contribution in [0, 0.1) is 0 Å². The van der Waals surface area contributed by atoms with E-state index < -0.39 is 0 Å². The van der Waals surface area contributed by atoms with Crippen LogP contribution in [0.3, 0.4) is 0 Å². The highest BCUT2D eigenvalue weighted by Gasteiger charge is 2.30. The van der Waals surface area contributed by atoms with Gasteiger partial charge < -0.3 is 9.64 Å². The molecule has 1 amide bonds. The van der Waals surface area contributed by atoms with Crippen molar-refractivity contribution in [1.29, 1.82) is 0 Å². The van der Waals surface area contributed by atoms with Crippen LogP contribution in [0.1, 0.15) is 30.6 Å². The Balaban J connectivity index is 1.58. The monoisotopic (exact) mass is 308 g/mol. The Morgan fingerprint density at radius 3 is 2.90 bits per heavy atom. The molecule has 0 spiro atoms. The molecule has 3 rings (SSSR count). The molecular weight excluding hydrogens is 284 g/mol. The van der Waals surface area contributed by atoms with Crippen molar-refractivity contribution in [2.75, 3.05) is 26.7 Å². The second kappa shape index (κ2) is 6.90. The summed E-state index contributed by atoms with van der Waals surface area (Å²) in [6.45, 7) is 3.09. The number of hydrogen-bond donors (Lipinski definition) is 0. The first kappa shape index (κ1) is 15.0. The van der Waals surface area contributed by atoms with Crippen LogP contribution in [0.15, 0.2) is 17.5 Å². The van der Waals surface area contributed by atoms with E-state index in [0.29, 0.717) is 18.7 Å². The minimum atomic E-state index is 0.243. The smallest absolute Gasteiger partial charge is 0.236 e. The van der Waals surface area contributed by atoms with Crippen LogP contribution in [0.5, 0.6) is 0 Å². The molecule has 1 saturated carbocycles. The van der Waals surface area contributed by atoms with Crippen LogP contribution in [0.2, 0.25) is 0 Å². The lowest BCUT2D eigenvalue weighted by atomic mass is 10.2. The predicted octanol–water partition coefficient (Wildman–Crippen LogP) is 2.35. The molecule has 4 nitrogen and oxygen atoms in total. The molecule has 0 radical (unpaired) electrons. The topological polar surface area (TPSA) is 32.8 Å². The maximum absolute atomic E-state index is 12.4. The Hall–Kier alpha value is -0.910. The second-order valence-electron chi connectivity index (χ2n) is 6.12. The number of likely N-dealkylation sites (N-methyl/N-ethyl adjacent to an activating group) is 1. The minimum absolute atomic E-state index is 0.243. The molecule has 1 aliphatic carbocycles. The standard InChI is InChI=1S/C16H24N2O2S/c1-17(13-6-7-13)16(19)12-18(10-14-4-2-8-20-14)11-15-5-3-9-21-15/h3,5,9,13-14H,2,4,6-8,10-12H2,1H3/t14-/m0/s1. The lowest BCUT2D eigenvalue weighted by Crippen LogP contribution is -2.41. The van der Waals surface area contributed by atoms with Crippen LogP contribution in [0.25, 0.3) is 0 Å². The Morgan fingerprint density at radius 1 is 1.43 bits per heavy atom. The molecule has 5 heteroatoms. The van der Waals surface area contributed by atoms with Gasteiger partial charge in [0.2, 0.25) is 5.91 Å². The molecule has 1 aliphatic heterocycles. The van der Waals surface area contributed by atoms with E-state index in [1.807, 2.05) is 11.9 Å². The molecule has 2 heterocycles. The number of amides is 1. The first-order valence-corrected chi connectivity index (χ1v) is 8.72. The maximum Gasteiger partial charge on any atom is 0.236 e. The fourth-order valence-corrected chi connectivity index (χ4v) is 3.60. The summed E-state index contributed by atoms with van der Waals surface area (Å²) in [7, 11) is 1.94. The van der Waals surface area contributed by atoms with Gasteiger partial charge in [-0.05, 0) is 37.1 Å². The summed E-state index contributed by atoms with van der Waals surface area (Å²) in [5, 5.41) is 2.09. The molecule has 0 unspecified atom stereocenters. The van der Waals surface area contributed by atoms with Gasteiger partial charge in [-0.2, -0.15) is 0 Å². The number of thiophene rings is 1. The first-order valence-electron chi connectivity index (χ1n) is 7.84. The highest BCUT2D eigenvalue weighted by molar-refractivity contribution is 7.09. The molecule has 1 aromatic heterocycles. The number of nitrogens with zero attached hydrogens (tertiary/aromatic N) is 2. The summed E-state index contributed by atoms with van der Waals surface area (Å²) in [4.78, 5) is 17.9. The average Bonchev–Trinajstić information content (AvgIpc) is 2.95. The molecule has 0 N–H and O–H groups in total. The van der Waals surface area contributed by atoms with E-state index in [1.165, 1.54) is 17.7 Å². The first-order chi connectivity index (χ1) is 10.2. The zero-order valence-corrected chi connectivity index (χ0v) is 13.5. The van der Waals surface area contributed by atoms with Crippen molar-refractivity contribution in [3.05, 3.63) is 22.4 Å². The van der Waals surface area contributed by atoms with Crippen LogP contribution < -0.4 is 0 Å². The quantitative estimate of drug-likeness (QED) is 0.775. The molecular formula is C16H24N2O2S. The summed E-state index contributed by atoms with van der Waals surface area (Å²) in [6, 6.07) is 4.70. The summed E-state index contributed by atoms with van der Waals surface area (Å²) in [6.07, 6.45) is 4.89. The van der Waals surface area contributed by atoms with Gasteiger partial charge in [-0.3, -0.25) is 9.69 Å². The molecule has 1 saturated heterocycles. The van der Waals surface area contributed by atoms with Gasteiger partial charge >= 0.3 is 0 Å². The number of ether oxygens (including phenoxy) is 1. The molecule has 0 aromatic carbocycles. The van der Waals surface area contributed by atoms with Gasteiger partial charge in [0, 0.05) is 37.7 Å². The van der Waals surface area contributed by atoms with Crippen LogP contribution >= 0.6 is 11.3 Å². The van der Waals surface area contributed by atoms with Gasteiger partial charge in [0.25, 0.3) is 0 Å². The zero-order valence-electron chi connectivity index (χ0n) is 12.7. The largest absolute Gasteiger partial charge is 0.377 e. The lowest BCUT2D eigenvalue weighted by molar-refractivity contribution is -0.132. The van der Waals surface area contributed by atoms with Crippen molar-refractivity contribution in [3.8, 4) is 0 Å². The van der Waals surface area contributed by atoms with Crippen molar-refractivity contribution in [3.63, 3.8) is 0 Å². The molecule has 1 atom stereocenters. The molecule has 1 aromatic rings. The van der Waals surface area contributed by atoms with E-state index in [-0.39, 0.29) is 5.91 Å². The van der Waals surface area contributed by atoms with Gasteiger partial charge in [0.15, 0.2) is 0 Å². The number of carbonyl (C=O) groups excluding carboxylic acids is 1. The highest BCUT2D eigenvalue weighted by Crippen LogP contribution is 2.25. The van der Waals surface area contributed by atoms with Crippen LogP contribution in [0.4, 0.5) is 0 Å². The summed E-state index contributed by atoms with van der Waals surface area (Å²) in [5.74, 6) is 0.243. The third-order valence-electron chi connectivity index (χ3n) is 4.29. The van der Waals surface area contributed by atoms with Gasteiger partial charge in [-0.1, -0.05) is 6.07 Å². The van der Waals surface area contributed by atoms with Crippen molar-refractivity contribution in [1.82, 2.24) is 9.80 Å². The van der Waals surface area contributed by atoms with E-state index in [9.17, 15) is 4.79 Å². The molecule has 116 valence electrons. The fraction of sp³-hybridized carbons (Fsp3) is 0.688. The normalized spacial score (nSPS) is 21.9. The van der Waals surface area contributed by atoms with Gasteiger partial charge in [0.1, 0.15) is 0 Å². The van der Waals surface area contributed by atoms with E-state index in [1.54, 1.807) is 11.3 Å². The van der Waals surface area contributed by atoms with Crippen molar-refractivity contribution in [2.24, 2.45) is 0 Å². The molecule has 2 aliphatic rings. The van der Waals surface area contributed by atoms with Crippen LogP contribution in [-0.4, -0.2) is 54.6 Å². The Labute approximate surface area is 130 Å².